The molecule has 0 radical (unpaired) electrons. The molecule has 0 aliphatic heterocycles. The monoisotopic (exact) mass is 309 g/mol. The number of hydrogen-bond acceptors (Lipinski definition) is 7. The minimum absolute atomic E-state index is 0.00428. The van der Waals surface area contributed by atoms with E-state index in [0.29, 0.717) is 16.1 Å². The number of carbonyl (C=O) groups is 2. The second-order valence-corrected chi connectivity index (χ2v) is 5.23. The van der Waals surface area contributed by atoms with Crippen LogP contribution in [0.2, 0.25) is 0 Å². The van der Waals surface area contributed by atoms with Crippen LogP contribution in [0.4, 0.5) is 0 Å². The Morgan fingerprint density at radius 3 is 2.90 bits per heavy atom. The molecule has 0 aromatic carbocycles. The number of thiophene rings is 1. The first kappa shape index (κ1) is 15.2. The van der Waals surface area contributed by atoms with Gasteiger partial charge in [-0.2, -0.15) is 0 Å². The fourth-order valence-electron chi connectivity index (χ4n) is 1.71. The molecule has 0 aliphatic carbocycles. The number of fused-ring (bicyclic) bond motifs is 1. The summed E-state index contributed by atoms with van der Waals surface area (Å²) in [5, 5.41) is 2.59. The Bertz CT molecular complexity index is 670. The molecule has 3 N–H and O–H groups in total. The normalized spacial score (nSPS) is 12.0. The molecule has 0 saturated carbocycles. The Balaban J connectivity index is 2.11. The lowest BCUT2D eigenvalue weighted by Crippen LogP contribution is -2.42. The number of methoxy groups -OCH3 is 2. The van der Waals surface area contributed by atoms with Crippen LogP contribution in [0.1, 0.15) is 9.67 Å². The number of nitrogens with zero attached hydrogens (tertiary/aromatic N) is 1. The third kappa shape index (κ3) is 3.29. The molecule has 8 heteroatoms. The summed E-state index contributed by atoms with van der Waals surface area (Å²) in [5.41, 5.74) is 6.24. The molecule has 21 heavy (non-hydrogen) atoms. The number of aromatic nitrogens is 1. The van der Waals surface area contributed by atoms with Crippen molar-refractivity contribution < 1.29 is 19.1 Å². The van der Waals surface area contributed by atoms with Gasteiger partial charge in [0, 0.05) is 12.7 Å². The molecule has 112 valence electrons. The van der Waals surface area contributed by atoms with Gasteiger partial charge in [0.1, 0.15) is 11.8 Å². The highest BCUT2D eigenvalue weighted by Crippen LogP contribution is 2.31. The van der Waals surface area contributed by atoms with Gasteiger partial charge in [0.15, 0.2) is 0 Å². The molecule has 2 rings (SSSR count). The number of nitrogens with one attached hydrogen (secondary N) is 1. The number of pyridine rings is 1. The van der Waals surface area contributed by atoms with E-state index in [1.807, 2.05) is 0 Å². The van der Waals surface area contributed by atoms with Crippen molar-refractivity contribution >= 4 is 33.4 Å². The van der Waals surface area contributed by atoms with Gasteiger partial charge in [-0.3, -0.25) is 14.6 Å². The van der Waals surface area contributed by atoms with E-state index in [9.17, 15) is 9.59 Å². The molecule has 0 bridgehead atoms. The molecule has 2 aromatic rings. The summed E-state index contributed by atoms with van der Waals surface area (Å²) in [4.78, 5) is 27.9. The fourth-order valence-corrected chi connectivity index (χ4v) is 2.74. The van der Waals surface area contributed by atoms with Crippen LogP contribution in [0, 0.1) is 0 Å². The van der Waals surface area contributed by atoms with Crippen molar-refractivity contribution in [1.29, 1.82) is 0 Å². The summed E-state index contributed by atoms with van der Waals surface area (Å²) >= 11 is 1.27. The van der Waals surface area contributed by atoms with Crippen LogP contribution < -0.4 is 15.8 Å². The van der Waals surface area contributed by atoms with E-state index in [4.69, 9.17) is 10.5 Å². The summed E-state index contributed by atoms with van der Waals surface area (Å²) in [5.74, 6) is -0.232. The van der Waals surface area contributed by atoms with Crippen molar-refractivity contribution in [3.05, 3.63) is 23.2 Å². The smallest absolute Gasteiger partial charge is 0.324 e. The Hall–Kier alpha value is -2.19. The maximum absolute atomic E-state index is 12.1. The van der Waals surface area contributed by atoms with E-state index >= 15 is 0 Å². The summed E-state index contributed by atoms with van der Waals surface area (Å²) in [6.45, 7) is 0.00428. The van der Waals surface area contributed by atoms with Crippen LogP contribution in [0.15, 0.2) is 18.3 Å². The van der Waals surface area contributed by atoms with E-state index in [-0.39, 0.29) is 12.5 Å². The van der Waals surface area contributed by atoms with Crippen molar-refractivity contribution in [3.63, 3.8) is 0 Å². The van der Waals surface area contributed by atoms with Crippen LogP contribution in [-0.2, 0) is 9.53 Å². The molecule has 0 spiro atoms. The number of esters is 1. The number of hydrogen-bond donors (Lipinski definition) is 2. The highest BCUT2D eigenvalue weighted by atomic mass is 32.1. The van der Waals surface area contributed by atoms with E-state index in [1.165, 1.54) is 18.4 Å². The fraction of sp³-hybridized carbons (Fsp3) is 0.308. The second kappa shape index (κ2) is 6.51. The van der Waals surface area contributed by atoms with Gasteiger partial charge in [0.05, 0.1) is 29.3 Å². The Morgan fingerprint density at radius 2 is 2.24 bits per heavy atom. The van der Waals surface area contributed by atoms with Gasteiger partial charge in [-0.05, 0) is 12.1 Å². The zero-order valence-electron chi connectivity index (χ0n) is 11.6. The Kier molecular flexibility index (Phi) is 4.71. The summed E-state index contributed by atoms with van der Waals surface area (Å²) < 4.78 is 10.5. The van der Waals surface area contributed by atoms with Gasteiger partial charge in [0.2, 0.25) is 0 Å². The molecule has 7 nitrogen and oxygen atoms in total. The van der Waals surface area contributed by atoms with Crippen molar-refractivity contribution in [2.75, 3.05) is 20.8 Å². The zero-order chi connectivity index (χ0) is 15.4. The van der Waals surface area contributed by atoms with Gasteiger partial charge < -0.3 is 20.5 Å². The topological polar surface area (TPSA) is 104 Å². The van der Waals surface area contributed by atoms with Gasteiger partial charge >= 0.3 is 5.97 Å². The molecular formula is C13H15N3O4S. The molecule has 0 saturated heterocycles. The molecule has 1 amide bonds. The predicted octanol–water partition coefficient (Wildman–Crippen LogP) is 0.535. The molecule has 2 heterocycles. The summed E-state index contributed by atoms with van der Waals surface area (Å²) in [6.07, 6.45) is 1.61. The van der Waals surface area contributed by atoms with Gasteiger partial charge in [-0.15, -0.1) is 11.3 Å². The zero-order valence-corrected chi connectivity index (χ0v) is 12.4. The average Bonchev–Trinajstić information content (AvgIpc) is 2.95. The van der Waals surface area contributed by atoms with Crippen molar-refractivity contribution in [3.8, 4) is 5.75 Å². The van der Waals surface area contributed by atoms with Gasteiger partial charge in [-0.25, -0.2) is 0 Å². The standard InChI is InChI=1S/C13H15N3O4S/c1-19-9-3-4-15-8-5-10(21-11(8)9)12(17)16-6-7(14)13(18)20-2/h3-5,7H,6,14H2,1-2H3,(H,16,17). The quantitative estimate of drug-likeness (QED) is 0.781. The second-order valence-electron chi connectivity index (χ2n) is 4.18. The Morgan fingerprint density at radius 1 is 1.48 bits per heavy atom. The third-order valence-electron chi connectivity index (χ3n) is 2.81. The maximum atomic E-state index is 12.1. The van der Waals surface area contributed by atoms with Crippen molar-refractivity contribution in [2.45, 2.75) is 6.04 Å². The highest BCUT2D eigenvalue weighted by molar-refractivity contribution is 7.21. The van der Waals surface area contributed by atoms with E-state index in [2.05, 4.69) is 15.0 Å². The van der Waals surface area contributed by atoms with Crippen LogP contribution in [0.5, 0.6) is 5.75 Å². The lowest BCUT2D eigenvalue weighted by Gasteiger charge is -2.09. The largest absolute Gasteiger partial charge is 0.495 e. The average molecular weight is 309 g/mol. The first-order chi connectivity index (χ1) is 10.1. The van der Waals surface area contributed by atoms with Crippen LogP contribution in [0.3, 0.4) is 0 Å². The third-order valence-corrected chi connectivity index (χ3v) is 3.94. The minimum atomic E-state index is -0.888. The number of nitrogens with two attached hydrogens (primary N) is 1. The number of carbonyl (C=O) groups excluding carboxylic acids is 2. The predicted molar refractivity (Wildman–Crippen MR) is 78.5 cm³/mol. The number of ether oxygens (including phenoxy) is 2. The van der Waals surface area contributed by atoms with E-state index in [1.54, 1.807) is 25.4 Å². The molecule has 1 atom stereocenters. The van der Waals surface area contributed by atoms with Gasteiger partial charge in [0.25, 0.3) is 5.91 Å². The van der Waals surface area contributed by atoms with Crippen LogP contribution >= 0.6 is 11.3 Å². The lowest BCUT2D eigenvalue weighted by molar-refractivity contribution is -0.141. The molecule has 2 aromatic heterocycles. The molecule has 1 unspecified atom stereocenters. The minimum Gasteiger partial charge on any atom is -0.495 e. The molecule has 0 aliphatic rings. The maximum Gasteiger partial charge on any atom is 0.324 e. The molecular weight excluding hydrogens is 294 g/mol. The van der Waals surface area contributed by atoms with Crippen molar-refractivity contribution in [1.82, 2.24) is 10.3 Å². The van der Waals surface area contributed by atoms with Gasteiger partial charge in [-0.1, -0.05) is 0 Å². The molecule has 0 fully saturated rings. The van der Waals surface area contributed by atoms with E-state index < -0.39 is 12.0 Å². The summed E-state index contributed by atoms with van der Waals surface area (Å²) in [6, 6.07) is 2.51. The first-order valence-electron chi connectivity index (χ1n) is 6.11. The first-order valence-corrected chi connectivity index (χ1v) is 6.92. The SMILES string of the molecule is COC(=O)C(N)CNC(=O)c1cc2nccc(OC)c2s1. The highest BCUT2D eigenvalue weighted by Gasteiger charge is 2.17. The van der Waals surface area contributed by atoms with Crippen LogP contribution in [-0.4, -0.2) is 43.7 Å². The number of rotatable bonds is 5. The lowest BCUT2D eigenvalue weighted by atomic mass is 10.3. The Labute approximate surface area is 125 Å². The summed E-state index contributed by atoms with van der Waals surface area (Å²) in [7, 11) is 2.80. The van der Waals surface area contributed by atoms with Crippen molar-refractivity contribution in [2.24, 2.45) is 5.73 Å². The van der Waals surface area contributed by atoms with Crippen LogP contribution in [0.25, 0.3) is 10.2 Å². The number of amides is 1. The van der Waals surface area contributed by atoms with E-state index in [0.717, 1.165) is 4.70 Å².